The Hall–Kier alpha value is -2.21. The molecule has 1 aromatic heterocycles. The highest BCUT2D eigenvalue weighted by molar-refractivity contribution is 7.89. The number of hydrogen-bond acceptors (Lipinski definition) is 4. The van der Waals surface area contributed by atoms with Crippen LogP contribution in [0.1, 0.15) is 12.4 Å². The van der Waals surface area contributed by atoms with Gasteiger partial charge in [0.15, 0.2) is 0 Å². The molecule has 0 saturated heterocycles. The zero-order valence-corrected chi connectivity index (χ0v) is 13.4. The van der Waals surface area contributed by atoms with Gasteiger partial charge in [0.05, 0.1) is 11.4 Å². The van der Waals surface area contributed by atoms with E-state index in [4.69, 9.17) is 0 Å². The van der Waals surface area contributed by atoms with Crippen LogP contribution in [0.3, 0.4) is 0 Å². The Morgan fingerprint density at radius 1 is 1.24 bits per heavy atom. The van der Waals surface area contributed by atoms with Crippen molar-refractivity contribution in [3.8, 4) is 5.75 Å². The molecule has 0 unspecified atom stereocenters. The highest BCUT2D eigenvalue weighted by Gasteiger charge is 2.31. The lowest BCUT2D eigenvalue weighted by Gasteiger charge is -2.18. The average molecular weight is 385 g/mol. The predicted octanol–water partition coefficient (Wildman–Crippen LogP) is 3.00. The summed E-state index contributed by atoms with van der Waals surface area (Å²) >= 11 is 0. The lowest BCUT2D eigenvalue weighted by atomic mass is 10.3. The standard InChI is InChI=1S/C13H12F5N3O3S/c1-20(8-11-19-6-7-21(11)12(14)15)25(22,23)10-4-2-9(3-5-10)24-13(16,17)18/h2-7,12H,8H2,1H3. The van der Waals surface area contributed by atoms with E-state index in [-0.39, 0.29) is 10.7 Å². The zero-order valence-electron chi connectivity index (χ0n) is 12.6. The summed E-state index contributed by atoms with van der Waals surface area (Å²) in [6, 6.07) is 3.53. The number of aromatic nitrogens is 2. The van der Waals surface area contributed by atoms with E-state index in [1.54, 1.807) is 0 Å². The molecule has 12 heteroatoms. The van der Waals surface area contributed by atoms with E-state index in [0.29, 0.717) is 4.57 Å². The van der Waals surface area contributed by atoms with Crippen LogP contribution in [0, 0.1) is 0 Å². The Labute approximate surface area is 139 Å². The number of alkyl halides is 5. The summed E-state index contributed by atoms with van der Waals surface area (Å²) in [4.78, 5) is 3.35. The highest BCUT2D eigenvalue weighted by Crippen LogP contribution is 2.25. The first-order chi connectivity index (χ1) is 11.5. The SMILES string of the molecule is CN(Cc1nccn1C(F)F)S(=O)(=O)c1ccc(OC(F)(F)F)cc1. The van der Waals surface area contributed by atoms with Gasteiger partial charge < -0.3 is 4.74 Å². The largest absolute Gasteiger partial charge is 0.573 e. The number of benzene rings is 1. The Bertz CT molecular complexity index is 818. The van der Waals surface area contributed by atoms with E-state index in [2.05, 4.69) is 9.72 Å². The molecule has 2 rings (SSSR count). The maximum Gasteiger partial charge on any atom is 0.573 e. The van der Waals surface area contributed by atoms with Crippen LogP contribution in [0.15, 0.2) is 41.6 Å². The van der Waals surface area contributed by atoms with Crippen LogP contribution in [0.5, 0.6) is 5.75 Å². The minimum atomic E-state index is -4.90. The Kier molecular flexibility index (Phi) is 5.32. The fourth-order valence-corrected chi connectivity index (χ4v) is 3.05. The molecule has 0 fully saturated rings. The maximum atomic E-state index is 12.8. The summed E-state index contributed by atoms with van der Waals surface area (Å²) in [5, 5.41) is 0. The van der Waals surface area contributed by atoms with Crippen molar-refractivity contribution in [2.75, 3.05) is 7.05 Å². The van der Waals surface area contributed by atoms with E-state index < -0.39 is 35.2 Å². The van der Waals surface area contributed by atoms with Crippen molar-refractivity contribution in [1.29, 1.82) is 0 Å². The number of halogens is 5. The summed E-state index contributed by atoms with van der Waals surface area (Å²) in [6.07, 6.45) is -2.79. The fraction of sp³-hybridized carbons (Fsp3) is 0.308. The second-order valence-electron chi connectivity index (χ2n) is 4.81. The predicted molar refractivity (Wildman–Crippen MR) is 75.3 cm³/mol. The van der Waals surface area contributed by atoms with Crippen molar-refractivity contribution in [1.82, 2.24) is 13.9 Å². The van der Waals surface area contributed by atoms with E-state index >= 15 is 0 Å². The Morgan fingerprint density at radius 3 is 2.36 bits per heavy atom. The van der Waals surface area contributed by atoms with Gasteiger partial charge in [-0.1, -0.05) is 0 Å². The van der Waals surface area contributed by atoms with Crippen molar-refractivity contribution < 1.29 is 35.1 Å². The van der Waals surface area contributed by atoms with Crippen LogP contribution in [0.4, 0.5) is 22.0 Å². The smallest absolute Gasteiger partial charge is 0.406 e. The second-order valence-corrected chi connectivity index (χ2v) is 6.85. The zero-order chi connectivity index (χ0) is 18.8. The number of imidazole rings is 1. The average Bonchev–Trinajstić information content (AvgIpc) is 2.94. The number of sulfonamides is 1. The van der Waals surface area contributed by atoms with E-state index in [1.807, 2.05) is 0 Å². The third-order valence-electron chi connectivity index (χ3n) is 3.09. The third kappa shape index (κ3) is 4.66. The van der Waals surface area contributed by atoms with Crippen LogP contribution in [0.2, 0.25) is 0 Å². The number of rotatable bonds is 6. The van der Waals surface area contributed by atoms with Crippen molar-refractivity contribution in [3.05, 3.63) is 42.5 Å². The molecule has 25 heavy (non-hydrogen) atoms. The fourth-order valence-electron chi connectivity index (χ4n) is 1.92. The van der Waals surface area contributed by atoms with Crippen LogP contribution >= 0.6 is 0 Å². The monoisotopic (exact) mass is 385 g/mol. The molecule has 0 N–H and O–H groups in total. The topological polar surface area (TPSA) is 64.4 Å². The molecule has 1 aromatic carbocycles. The van der Waals surface area contributed by atoms with Crippen LogP contribution in [-0.4, -0.2) is 35.7 Å². The molecule has 0 aliphatic carbocycles. The molecule has 0 bridgehead atoms. The Balaban J connectivity index is 2.18. The number of nitrogens with zero attached hydrogens (tertiary/aromatic N) is 3. The molecule has 0 radical (unpaired) electrons. The first-order valence-corrected chi connectivity index (χ1v) is 8.07. The van der Waals surface area contributed by atoms with Gasteiger partial charge in [-0.05, 0) is 24.3 Å². The van der Waals surface area contributed by atoms with E-state index in [0.717, 1.165) is 48.0 Å². The summed E-state index contributed by atoms with van der Waals surface area (Å²) in [5.74, 6) is -0.763. The van der Waals surface area contributed by atoms with Gasteiger partial charge in [0.25, 0.3) is 0 Å². The summed E-state index contributed by atoms with van der Waals surface area (Å²) in [5.41, 5.74) is 0. The van der Waals surface area contributed by atoms with Crippen molar-refractivity contribution in [2.45, 2.75) is 24.4 Å². The number of ether oxygens (including phenoxy) is 1. The molecule has 0 atom stereocenters. The van der Waals surface area contributed by atoms with Gasteiger partial charge in [-0.3, -0.25) is 4.57 Å². The van der Waals surface area contributed by atoms with Crippen molar-refractivity contribution in [3.63, 3.8) is 0 Å². The quantitative estimate of drug-likeness (QED) is 0.718. The minimum Gasteiger partial charge on any atom is -0.406 e. The van der Waals surface area contributed by atoms with E-state index in [9.17, 15) is 30.4 Å². The lowest BCUT2D eigenvalue weighted by molar-refractivity contribution is -0.274. The van der Waals surface area contributed by atoms with Crippen molar-refractivity contribution >= 4 is 10.0 Å². The lowest BCUT2D eigenvalue weighted by Crippen LogP contribution is -2.28. The summed E-state index contributed by atoms with van der Waals surface area (Å²) in [6.45, 7) is -3.33. The molecule has 2 aromatic rings. The van der Waals surface area contributed by atoms with Gasteiger partial charge in [-0.25, -0.2) is 13.4 Å². The highest BCUT2D eigenvalue weighted by atomic mass is 32.2. The summed E-state index contributed by atoms with van der Waals surface area (Å²) < 4.78 is 91.5. The Morgan fingerprint density at radius 2 is 1.84 bits per heavy atom. The number of hydrogen-bond donors (Lipinski definition) is 0. The maximum absolute atomic E-state index is 12.8. The van der Waals surface area contributed by atoms with Crippen LogP contribution in [-0.2, 0) is 16.6 Å². The van der Waals surface area contributed by atoms with Crippen LogP contribution < -0.4 is 4.74 Å². The van der Waals surface area contributed by atoms with E-state index in [1.165, 1.54) is 0 Å². The van der Waals surface area contributed by atoms with Crippen molar-refractivity contribution in [2.24, 2.45) is 0 Å². The molecule has 0 spiro atoms. The molecular formula is C13H12F5N3O3S. The van der Waals surface area contributed by atoms with Gasteiger partial charge in [0.1, 0.15) is 11.6 Å². The normalized spacial score (nSPS) is 12.8. The van der Waals surface area contributed by atoms with Gasteiger partial charge in [0.2, 0.25) is 10.0 Å². The van der Waals surface area contributed by atoms with Gasteiger partial charge in [0, 0.05) is 19.4 Å². The second kappa shape index (κ2) is 6.96. The molecular weight excluding hydrogens is 373 g/mol. The van der Waals surface area contributed by atoms with Gasteiger partial charge >= 0.3 is 12.9 Å². The molecule has 0 aliphatic heterocycles. The third-order valence-corrected chi connectivity index (χ3v) is 4.91. The van der Waals surface area contributed by atoms with Crippen LogP contribution in [0.25, 0.3) is 0 Å². The molecule has 0 amide bonds. The van der Waals surface area contributed by atoms with Gasteiger partial charge in [-0.15, -0.1) is 13.2 Å². The molecule has 1 heterocycles. The minimum absolute atomic E-state index is 0.182. The first-order valence-electron chi connectivity index (χ1n) is 6.63. The molecule has 138 valence electrons. The van der Waals surface area contributed by atoms with Gasteiger partial charge in [-0.2, -0.15) is 13.1 Å². The molecule has 0 saturated carbocycles. The first kappa shape index (κ1) is 19.1. The molecule has 6 nitrogen and oxygen atoms in total. The summed E-state index contributed by atoms with van der Waals surface area (Å²) in [7, 11) is -2.98. The molecule has 0 aliphatic rings.